The van der Waals surface area contributed by atoms with Crippen molar-refractivity contribution in [2.75, 3.05) is 20.2 Å². The number of rotatable bonds is 4. The van der Waals surface area contributed by atoms with Crippen molar-refractivity contribution in [3.05, 3.63) is 16.8 Å². The Morgan fingerprint density at radius 2 is 1.96 bits per heavy atom. The zero-order valence-corrected chi connectivity index (χ0v) is 15.9. The second kappa shape index (κ2) is 7.02. The number of ether oxygens (including phenoxy) is 1. The van der Waals surface area contributed by atoms with Crippen molar-refractivity contribution in [3.8, 4) is 5.88 Å². The fourth-order valence-electron chi connectivity index (χ4n) is 3.76. The summed E-state index contributed by atoms with van der Waals surface area (Å²) in [7, 11) is 3.50. The summed E-state index contributed by atoms with van der Waals surface area (Å²) < 4.78 is 7.16. The fraction of sp³-hybridized carbons (Fsp3) is 0.632. The highest BCUT2D eigenvalue weighted by Gasteiger charge is 2.22. The minimum absolute atomic E-state index is 0.254. The number of likely N-dealkylation sites (tertiary alicyclic amines) is 1. The zero-order chi connectivity index (χ0) is 18.1. The van der Waals surface area contributed by atoms with Crippen molar-refractivity contribution in [1.82, 2.24) is 19.7 Å². The van der Waals surface area contributed by atoms with Crippen LogP contribution in [0.2, 0.25) is 0 Å². The molecule has 0 unspecified atom stereocenters. The van der Waals surface area contributed by atoms with E-state index < -0.39 is 0 Å². The van der Waals surface area contributed by atoms with Crippen LogP contribution in [-0.2, 0) is 18.3 Å². The lowest BCUT2D eigenvalue weighted by Crippen LogP contribution is -2.38. The molecule has 3 rings (SSSR count). The van der Waals surface area contributed by atoms with Crippen LogP contribution < -0.4 is 4.74 Å². The maximum absolute atomic E-state index is 12.6. The molecule has 1 aliphatic rings. The van der Waals surface area contributed by atoms with E-state index in [1.54, 1.807) is 11.8 Å². The van der Waals surface area contributed by atoms with Crippen LogP contribution >= 0.6 is 0 Å². The molecule has 136 valence electrons. The lowest BCUT2D eigenvalue weighted by atomic mass is 9.97. The molecule has 0 N–H and O–H groups in total. The van der Waals surface area contributed by atoms with E-state index in [9.17, 15) is 4.79 Å². The molecule has 2 aromatic rings. The molecule has 25 heavy (non-hydrogen) atoms. The van der Waals surface area contributed by atoms with E-state index in [0.717, 1.165) is 59.7 Å². The standard InChI is InChI=1S/C19H28N4O2/c1-12-8-10-23(11-9-12)16(24)7-6-15-13(2)17-18(20-14(15)3)22(4)21-19(17)25-5/h12H,6-11H2,1-5H3. The predicted molar refractivity (Wildman–Crippen MR) is 97.8 cm³/mol. The molecule has 0 spiro atoms. The summed E-state index contributed by atoms with van der Waals surface area (Å²) in [4.78, 5) is 19.3. The summed E-state index contributed by atoms with van der Waals surface area (Å²) in [5, 5.41) is 5.33. The number of nitrogens with zero attached hydrogens (tertiary/aromatic N) is 4. The molecule has 1 aliphatic heterocycles. The van der Waals surface area contributed by atoms with E-state index >= 15 is 0 Å². The van der Waals surface area contributed by atoms with Crippen molar-refractivity contribution < 1.29 is 9.53 Å². The molecule has 1 saturated heterocycles. The van der Waals surface area contributed by atoms with Gasteiger partial charge in [-0.2, -0.15) is 0 Å². The molecule has 2 aromatic heterocycles. The van der Waals surface area contributed by atoms with Gasteiger partial charge in [0.05, 0.1) is 12.5 Å². The van der Waals surface area contributed by atoms with Gasteiger partial charge in [-0.3, -0.25) is 4.79 Å². The van der Waals surface area contributed by atoms with Crippen molar-refractivity contribution >= 4 is 16.9 Å². The molecule has 6 heteroatoms. The Morgan fingerprint density at radius 3 is 2.60 bits per heavy atom. The van der Waals surface area contributed by atoms with Gasteiger partial charge >= 0.3 is 0 Å². The number of carbonyl (C=O) groups is 1. The molecular weight excluding hydrogens is 316 g/mol. The van der Waals surface area contributed by atoms with Crippen LogP contribution in [0.3, 0.4) is 0 Å². The quantitative estimate of drug-likeness (QED) is 0.856. The number of piperidine rings is 1. The number of pyridine rings is 1. The summed E-state index contributed by atoms with van der Waals surface area (Å²) in [5.41, 5.74) is 4.05. The van der Waals surface area contributed by atoms with Crippen LogP contribution in [0, 0.1) is 19.8 Å². The van der Waals surface area contributed by atoms with Crippen molar-refractivity contribution in [1.29, 1.82) is 0 Å². The molecule has 0 radical (unpaired) electrons. The fourth-order valence-corrected chi connectivity index (χ4v) is 3.76. The summed E-state index contributed by atoms with van der Waals surface area (Å²) in [6.07, 6.45) is 3.48. The highest BCUT2D eigenvalue weighted by molar-refractivity contribution is 5.86. The molecule has 6 nitrogen and oxygen atoms in total. The van der Waals surface area contributed by atoms with Gasteiger partial charge in [0.25, 0.3) is 0 Å². The maximum Gasteiger partial charge on any atom is 0.242 e. The molecule has 0 saturated carbocycles. The van der Waals surface area contributed by atoms with Gasteiger partial charge in [0.1, 0.15) is 0 Å². The van der Waals surface area contributed by atoms with E-state index in [-0.39, 0.29) is 5.91 Å². The highest BCUT2D eigenvalue weighted by atomic mass is 16.5. The summed E-state index contributed by atoms with van der Waals surface area (Å²) in [6, 6.07) is 0. The Kier molecular flexibility index (Phi) is 4.97. The number of hydrogen-bond acceptors (Lipinski definition) is 4. The summed E-state index contributed by atoms with van der Waals surface area (Å²) in [5.74, 6) is 1.59. The number of fused-ring (bicyclic) bond motifs is 1. The third-order valence-electron chi connectivity index (χ3n) is 5.44. The van der Waals surface area contributed by atoms with Gasteiger partial charge in [-0.1, -0.05) is 6.92 Å². The van der Waals surface area contributed by atoms with Crippen LogP contribution in [-0.4, -0.2) is 45.8 Å². The first-order valence-electron chi connectivity index (χ1n) is 9.07. The lowest BCUT2D eigenvalue weighted by Gasteiger charge is -2.30. The molecule has 1 fully saturated rings. The largest absolute Gasteiger partial charge is 0.479 e. The number of aryl methyl sites for hydroxylation is 3. The second-order valence-corrected chi connectivity index (χ2v) is 7.20. The van der Waals surface area contributed by atoms with Crippen molar-refractivity contribution in [3.63, 3.8) is 0 Å². The number of methoxy groups -OCH3 is 1. The monoisotopic (exact) mass is 344 g/mol. The van der Waals surface area contributed by atoms with Gasteiger partial charge in [0.2, 0.25) is 11.8 Å². The molecule has 0 bridgehead atoms. The van der Waals surface area contributed by atoms with E-state index in [2.05, 4.69) is 18.9 Å². The normalized spacial score (nSPS) is 15.8. The van der Waals surface area contributed by atoms with E-state index in [0.29, 0.717) is 18.7 Å². The van der Waals surface area contributed by atoms with Crippen LogP contribution in [0.4, 0.5) is 0 Å². The summed E-state index contributed by atoms with van der Waals surface area (Å²) in [6.45, 7) is 8.13. The third kappa shape index (κ3) is 3.34. The van der Waals surface area contributed by atoms with Gasteiger partial charge in [-0.25, -0.2) is 9.67 Å². The minimum atomic E-state index is 0.254. The van der Waals surface area contributed by atoms with E-state index in [4.69, 9.17) is 9.72 Å². The smallest absolute Gasteiger partial charge is 0.242 e. The predicted octanol–water partition coefficient (Wildman–Crippen LogP) is 2.78. The first kappa shape index (κ1) is 17.7. The van der Waals surface area contributed by atoms with Crippen molar-refractivity contribution in [2.24, 2.45) is 13.0 Å². The van der Waals surface area contributed by atoms with Gasteiger partial charge in [0.15, 0.2) is 5.65 Å². The highest BCUT2D eigenvalue weighted by Crippen LogP contribution is 2.30. The number of aromatic nitrogens is 3. The Morgan fingerprint density at radius 1 is 1.28 bits per heavy atom. The van der Waals surface area contributed by atoms with Crippen molar-refractivity contribution in [2.45, 2.75) is 46.5 Å². The molecular formula is C19H28N4O2. The molecule has 3 heterocycles. The Hall–Kier alpha value is -2.11. The SMILES string of the molecule is COc1nn(C)c2nc(C)c(CCC(=O)N3CCC(C)CC3)c(C)c12. The molecule has 0 aromatic carbocycles. The van der Waals surface area contributed by atoms with Crippen LogP contribution in [0.25, 0.3) is 11.0 Å². The number of carbonyl (C=O) groups excluding carboxylic acids is 1. The van der Waals surface area contributed by atoms with Crippen LogP contribution in [0.15, 0.2) is 0 Å². The van der Waals surface area contributed by atoms with Crippen LogP contribution in [0.5, 0.6) is 5.88 Å². The number of amides is 1. The Balaban J connectivity index is 1.80. The van der Waals surface area contributed by atoms with E-state index in [1.165, 1.54) is 0 Å². The second-order valence-electron chi connectivity index (χ2n) is 7.20. The maximum atomic E-state index is 12.6. The molecule has 1 amide bonds. The van der Waals surface area contributed by atoms with Gasteiger partial charge in [-0.15, -0.1) is 5.10 Å². The van der Waals surface area contributed by atoms with Gasteiger partial charge in [0, 0.05) is 32.3 Å². The average molecular weight is 344 g/mol. The zero-order valence-electron chi connectivity index (χ0n) is 15.9. The molecule has 0 atom stereocenters. The summed E-state index contributed by atoms with van der Waals surface area (Å²) >= 11 is 0. The van der Waals surface area contributed by atoms with Crippen LogP contribution in [0.1, 0.15) is 43.0 Å². The Bertz CT molecular complexity index is 789. The van der Waals surface area contributed by atoms with Gasteiger partial charge in [-0.05, 0) is 50.2 Å². The first-order valence-corrected chi connectivity index (χ1v) is 9.07. The third-order valence-corrected chi connectivity index (χ3v) is 5.44. The Labute approximate surface area is 149 Å². The average Bonchev–Trinajstić information content (AvgIpc) is 2.91. The topological polar surface area (TPSA) is 60.2 Å². The van der Waals surface area contributed by atoms with E-state index in [1.807, 2.05) is 18.9 Å². The number of hydrogen-bond donors (Lipinski definition) is 0. The molecule has 0 aliphatic carbocycles. The van der Waals surface area contributed by atoms with Gasteiger partial charge < -0.3 is 9.64 Å². The lowest BCUT2D eigenvalue weighted by molar-refractivity contribution is -0.132. The first-order chi connectivity index (χ1) is 11.9. The minimum Gasteiger partial charge on any atom is -0.479 e.